The summed E-state index contributed by atoms with van der Waals surface area (Å²) in [7, 11) is 1.55. The minimum absolute atomic E-state index is 0.100. The summed E-state index contributed by atoms with van der Waals surface area (Å²) < 4.78 is 20.4. The van der Waals surface area contributed by atoms with E-state index in [4.69, 9.17) is 10.5 Å². The Labute approximate surface area is 161 Å². The van der Waals surface area contributed by atoms with Gasteiger partial charge in [-0.15, -0.1) is 11.3 Å². The van der Waals surface area contributed by atoms with Gasteiger partial charge < -0.3 is 15.4 Å². The van der Waals surface area contributed by atoms with Gasteiger partial charge >= 0.3 is 0 Å². The third-order valence-electron chi connectivity index (χ3n) is 5.13. The first-order valence-corrected chi connectivity index (χ1v) is 9.70. The molecule has 2 heterocycles. The van der Waals surface area contributed by atoms with Crippen LogP contribution in [0.15, 0.2) is 48.5 Å². The molecule has 6 heteroatoms. The Morgan fingerprint density at radius 1 is 1.22 bits per heavy atom. The topological polar surface area (TPSA) is 55.6 Å². The van der Waals surface area contributed by atoms with Crippen LogP contribution in [0.5, 0.6) is 0 Å². The molecule has 4 nitrogen and oxygen atoms in total. The lowest BCUT2D eigenvalue weighted by molar-refractivity contribution is 0.0789. The van der Waals surface area contributed by atoms with Crippen LogP contribution in [0.2, 0.25) is 0 Å². The first-order valence-electron chi connectivity index (χ1n) is 8.88. The van der Waals surface area contributed by atoms with Gasteiger partial charge in [0, 0.05) is 47.8 Å². The Balaban J connectivity index is 1.67. The number of carbonyl (C=O) groups excluding carboxylic acids is 1. The zero-order chi connectivity index (χ0) is 19.0. The molecule has 1 aliphatic heterocycles. The van der Waals surface area contributed by atoms with Crippen molar-refractivity contribution in [2.75, 3.05) is 20.2 Å². The molecule has 4 rings (SSSR count). The number of likely N-dealkylation sites (tertiary alicyclic amines) is 1. The number of halogens is 1. The maximum absolute atomic E-state index is 14.4. The molecule has 0 saturated carbocycles. The molecule has 2 aromatic carbocycles. The predicted octanol–water partition coefficient (Wildman–Crippen LogP) is 3.75. The Hall–Kier alpha value is -2.28. The van der Waals surface area contributed by atoms with Gasteiger partial charge in [0.15, 0.2) is 0 Å². The molecule has 27 heavy (non-hydrogen) atoms. The maximum Gasteiger partial charge on any atom is 0.264 e. The minimum atomic E-state index is -0.324. The van der Waals surface area contributed by atoms with Crippen LogP contribution in [-0.2, 0) is 11.3 Å². The molecular weight excluding hydrogens is 363 g/mol. The van der Waals surface area contributed by atoms with Gasteiger partial charge in [0.05, 0.1) is 11.5 Å². The zero-order valence-corrected chi connectivity index (χ0v) is 15.8. The number of methoxy groups -OCH3 is 1. The fourth-order valence-electron chi connectivity index (χ4n) is 3.81. The summed E-state index contributed by atoms with van der Waals surface area (Å²) in [6, 6.07) is 14.8. The number of nitrogens with two attached hydrogens (primary N) is 1. The summed E-state index contributed by atoms with van der Waals surface area (Å²) in [5.41, 5.74) is 8.10. The van der Waals surface area contributed by atoms with Gasteiger partial charge in [0.2, 0.25) is 0 Å². The van der Waals surface area contributed by atoms with Crippen molar-refractivity contribution < 1.29 is 13.9 Å². The number of amides is 1. The van der Waals surface area contributed by atoms with Gasteiger partial charge in [0.1, 0.15) is 5.82 Å². The highest BCUT2D eigenvalue weighted by molar-refractivity contribution is 7.21. The van der Waals surface area contributed by atoms with Gasteiger partial charge in [-0.05, 0) is 17.7 Å². The molecule has 1 aromatic heterocycles. The van der Waals surface area contributed by atoms with E-state index < -0.39 is 0 Å². The second-order valence-corrected chi connectivity index (χ2v) is 7.90. The molecule has 3 aromatic rings. The van der Waals surface area contributed by atoms with E-state index in [1.807, 2.05) is 36.4 Å². The first-order chi connectivity index (χ1) is 13.1. The molecule has 0 bridgehead atoms. The number of fused-ring (bicyclic) bond motifs is 1. The normalized spacial score (nSPS) is 19.7. The lowest BCUT2D eigenvalue weighted by atomic mass is 9.95. The van der Waals surface area contributed by atoms with E-state index in [-0.39, 0.29) is 30.3 Å². The van der Waals surface area contributed by atoms with E-state index in [2.05, 4.69) is 0 Å². The highest BCUT2D eigenvalue weighted by Crippen LogP contribution is 2.36. The molecule has 0 unspecified atom stereocenters. The summed E-state index contributed by atoms with van der Waals surface area (Å²) in [6.45, 7) is 1.25. The molecular formula is C21H21FN2O2S. The van der Waals surface area contributed by atoms with Gasteiger partial charge in [-0.2, -0.15) is 0 Å². The van der Waals surface area contributed by atoms with Crippen LogP contribution < -0.4 is 5.73 Å². The SMILES string of the molecule is COCc1c(C(=O)N2C[C@@H](N)[C@H](c3ccccc3)C2)sc2cccc(F)c12. The average molecular weight is 384 g/mol. The minimum Gasteiger partial charge on any atom is -0.380 e. The molecule has 0 spiro atoms. The summed E-state index contributed by atoms with van der Waals surface area (Å²) in [5.74, 6) is -0.321. The van der Waals surface area contributed by atoms with Crippen LogP contribution in [0, 0.1) is 5.82 Å². The number of hydrogen-bond acceptors (Lipinski definition) is 4. The summed E-state index contributed by atoms with van der Waals surface area (Å²) in [4.78, 5) is 15.6. The van der Waals surface area contributed by atoms with Crippen LogP contribution in [0.3, 0.4) is 0 Å². The van der Waals surface area contributed by atoms with E-state index in [0.717, 1.165) is 10.3 Å². The Kier molecular flexibility index (Phi) is 4.95. The number of rotatable bonds is 4. The quantitative estimate of drug-likeness (QED) is 0.745. The fourth-order valence-corrected chi connectivity index (χ4v) is 5.00. The van der Waals surface area contributed by atoms with E-state index >= 15 is 0 Å². The molecule has 1 amide bonds. The second-order valence-electron chi connectivity index (χ2n) is 6.85. The third-order valence-corrected chi connectivity index (χ3v) is 6.31. The fraction of sp³-hybridized carbons (Fsp3) is 0.286. The van der Waals surface area contributed by atoms with Crippen molar-refractivity contribution in [2.45, 2.75) is 18.6 Å². The number of carbonyl (C=O) groups is 1. The van der Waals surface area contributed by atoms with E-state index in [9.17, 15) is 9.18 Å². The third kappa shape index (κ3) is 3.25. The summed E-state index contributed by atoms with van der Waals surface area (Å²) in [6.07, 6.45) is 0. The molecule has 2 N–H and O–H groups in total. The van der Waals surface area contributed by atoms with E-state index in [1.54, 1.807) is 18.1 Å². The van der Waals surface area contributed by atoms with Crippen LogP contribution in [0.1, 0.15) is 26.7 Å². The zero-order valence-electron chi connectivity index (χ0n) is 15.0. The Bertz CT molecular complexity index is 973. The van der Waals surface area contributed by atoms with Crippen molar-refractivity contribution >= 4 is 27.3 Å². The van der Waals surface area contributed by atoms with Crippen molar-refractivity contribution in [2.24, 2.45) is 5.73 Å². The van der Waals surface area contributed by atoms with E-state index in [0.29, 0.717) is 28.9 Å². The number of hydrogen-bond donors (Lipinski definition) is 1. The maximum atomic E-state index is 14.4. The van der Waals surface area contributed by atoms with Crippen LogP contribution in [0.25, 0.3) is 10.1 Å². The number of thiophene rings is 1. The number of nitrogens with zero attached hydrogens (tertiary/aromatic N) is 1. The Morgan fingerprint density at radius 3 is 2.74 bits per heavy atom. The molecule has 140 valence electrons. The van der Waals surface area contributed by atoms with Crippen molar-refractivity contribution in [3.63, 3.8) is 0 Å². The van der Waals surface area contributed by atoms with Crippen molar-refractivity contribution in [1.29, 1.82) is 0 Å². The average Bonchev–Trinajstić information content (AvgIpc) is 3.24. The van der Waals surface area contributed by atoms with Crippen LogP contribution in [-0.4, -0.2) is 37.0 Å². The smallest absolute Gasteiger partial charge is 0.264 e. The van der Waals surface area contributed by atoms with Gasteiger partial charge in [-0.25, -0.2) is 4.39 Å². The molecule has 0 aliphatic carbocycles. The largest absolute Gasteiger partial charge is 0.380 e. The molecule has 1 aliphatic rings. The number of benzene rings is 2. The molecule has 1 fully saturated rings. The molecule has 2 atom stereocenters. The van der Waals surface area contributed by atoms with Crippen LogP contribution in [0.4, 0.5) is 4.39 Å². The van der Waals surface area contributed by atoms with Crippen molar-refractivity contribution in [3.05, 3.63) is 70.4 Å². The van der Waals surface area contributed by atoms with Gasteiger partial charge in [0.25, 0.3) is 5.91 Å². The van der Waals surface area contributed by atoms with Gasteiger partial charge in [-0.3, -0.25) is 4.79 Å². The predicted molar refractivity (Wildman–Crippen MR) is 106 cm³/mol. The highest BCUT2D eigenvalue weighted by Gasteiger charge is 2.35. The summed E-state index contributed by atoms with van der Waals surface area (Å²) >= 11 is 1.32. The van der Waals surface area contributed by atoms with Gasteiger partial charge in [-0.1, -0.05) is 36.4 Å². The molecule has 0 radical (unpaired) electrons. The highest BCUT2D eigenvalue weighted by atomic mass is 32.1. The van der Waals surface area contributed by atoms with Crippen LogP contribution >= 0.6 is 11.3 Å². The lowest BCUT2D eigenvalue weighted by Crippen LogP contribution is -2.32. The summed E-state index contributed by atoms with van der Waals surface area (Å²) in [5, 5.41) is 0.482. The standard InChI is InChI=1S/C21H21FN2O2S/c1-26-12-15-19-16(22)8-5-9-18(19)27-20(15)21(25)24-10-14(17(23)11-24)13-6-3-2-4-7-13/h2-9,14,17H,10-12,23H2,1H3/t14-,17+/m0/s1. The lowest BCUT2D eigenvalue weighted by Gasteiger charge is -2.16. The van der Waals surface area contributed by atoms with Crippen molar-refractivity contribution in [3.8, 4) is 0 Å². The van der Waals surface area contributed by atoms with E-state index in [1.165, 1.54) is 17.4 Å². The number of ether oxygens (including phenoxy) is 1. The van der Waals surface area contributed by atoms with Crippen molar-refractivity contribution in [1.82, 2.24) is 4.90 Å². The second kappa shape index (κ2) is 7.38. The molecule has 1 saturated heterocycles. The Morgan fingerprint density at radius 2 is 2.00 bits per heavy atom. The monoisotopic (exact) mass is 384 g/mol. The first kappa shape index (κ1) is 18.1.